The average molecular weight is 465 g/mol. The highest BCUT2D eigenvalue weighted by atomic mass is 16.3. The zero-order valence-corrected chi connectivity index (χ0v) is 19.2. The van der Waals surface area contributed by atoms with Gasteiger partial charge in [-0.1, -0.05) is 66.7 Å². The maximum absolute atomic E-state index is 13.0. The number of hydrogen-bond donors (Lipinski definition) is 3. The molecule has 174 valence electrons. The molecule has 5 aromatic rings. The first-order valence-corrected chi connectivity index (χ1v) is 11.3. The summed E-state index contributed by atoms with van der Waals surface area (Å²) in [6, 6.07) is 24.4. The molecule has 0 saturated heterocycles. The number of hydrogen-bond acceptors (Lipinski definition) is 4. The second-order valence-electron chi connectivity index (χ2n) is 8.29. The maximum atomic E-state index is 13.0. The number of aromatic hydroxyl groups is 1. The zero-order valence-electron chi connectivity index (χ0n) is 19.2. The molecule has 3 N–H and O–H groups in total. The van der Waals surface area contributed by atoms with Crippen molar-refractivity contribution in [2.45, 2.75) is 13.3 Å². The second-order valence-corrected chi connectivity index (χ2v) is 8.29. The van der Waals surface area contributed by atoms with Gasteiger partial charge in [0, 0.05) is 29.2 Å². The summed E-state index contributed by atoms with van der Waals surface area (Å²) in [4.78, 5) is 36.1. The van der Waals surface area contributed by atoms with Crippen LogP contribution in [0.15, 0.2) is 99.6 Å². The van der Waals surface area contributed by atoms with Gasteiger partial charge in [-0.15, -0.1) is 0 Å². The number of rotatable bonds is 6. The van der Waals surface area contributed by atoms with Gasteiger partial charge in [0.1, 0.15) is 5.56 Å². The van der Waals surface area contributed by atoms with E-state index in [1.54, 1.807) is 12.1 Å². The van der Waals surface area contributed by atoms with Gasteiger partial charge in [0.15, 0.2) is 0 Å². The summed E-state index contributed by atoms with van der Waals surface area (Å²) in [5, 5.41) is 12.4. The Morgan fingerprint density at radius 3 is 2.46 bits per heavy atom. The lowest BCUT2D eigenvalue weighted by molar-refractivity contribution is 0.429. The Hall–Kier alpha value is -4.65. The molecule has 0 saturated carbocycles. The number of aliphatic imine (C=N–C) groups is 1. The van der Waals surface area contributed by atoms with Crippen LogP contribution >= 0.6 is 0 Å². The van der Waals surface area contributed by atoms with Gasteiger partial charge in [0.2, 0.25) is 5.88 Å². The highest BCUT2D eigenvalue weighted by Crippen LogP contribution is 2.23. The Kier molecular flexibility index (Phi) is 5.89. The predicted octanol–water partition coefficient (Wildman–Crippen LogP) is 4.10. The van der Waals surface area contributed by atoms with Crippen LogP contribution in [0.4, 0.5) is 0 Å². The number of fused-ring (bicyclic) bond motifs is 1. The van der Waals surface area contributed by atoms with Crippen molar-refractivity contribution < 1.29 is 5.11 Å². The van der Waals surface area contributed by atoms with Crippen molar-refractivity contribution in [3.63, 3.8) is 0 Å². The average Bonchev–Trinajstić information content (AvgIpc) is 3.27. The summed E-state index contributed by atoms with van der Waals surface area (Å²) in [5.41, 5.74) is 2.98. The zero-order chi connectivity index (χ0) is 24.4. The number of benzene rings is 3. The monoisotopic (exact) mass is 464 g/mol. The number of nitrogens with one attached hydrogen (secondary N) is 2. The molecular weight excluding hydrogens is 440 g/mol. The van der Waals surface area contributed by atoms with Gasteiger partial charge in [-0.25, -0.2) is 9.36 Å². The van der Waals surface area contributed by atoms with Gasteiger partial charge in [0.25, 0.3) is 5.56 Å². The topological polar surface area (TPSA) is 103 Å². The van der Waals surface area contributed by atoms with Crippen LogP contribution in [-0.4, -0.2) is 31.9 Å². The fraction of sp³-hybridized carbons (Fsp3) is 0.107. The SMILES string of the molecule is Cc1ccccc1-n1c(O)c(C(=NCCc2c[nH]c3ccccc23)c2ccccc2)c(=O)[nH]c1=O. The molecule has 2 heterocycles. The lowest BCUT2D eigenvalue weighted by atomic mass is 10.0. The van der Waals surface area contributed by atoms with Gasteiger partial charge < -0.3 is 10.1 Å². The molecule has 0 amide bonds. The van der Waals surface area contributed by atoms with Crippen molar-refractivity contribution in [3.05, 3.63) is 128 Å². The molecule has 0 aliphatic rings. The lowest BCUT2D eigenvalue weighted by Gasteiger charge is -2.15. The Balaban J connectivity index is 1.62. The molecule has 0 bridgehead atoms. The van der Waals surface area contributed by atoms with Crippen LogP contribution in [0.5, 0.6) is 5.88 Å². The van der Waals surface area contributed by atoms with Crippen LogP contribution in [0.3, 0.4) is 0 Å². The van der Waals surface area contributed by atoms with E-state index in [2.05, 4.69) is 16.0 Å². The number of aryl methyl sites for hydroxylation is 1. The minimum Gasteiger partial charge on any atom is -0.493 e. The molecule has 0 atom stereocenters. The summed E-state index contributed by atoms with van der Waals surface area (Å²) in [6.45, 7) is 2.22. The van der Waals surface area contributed by atoms with E-state index in [4.69, 9.17) is 4.99 Å². The summed E-state index contributed by atoms with van der Waals surface area (Å²) in [5.74, 6) is -0.442. The largest absolute Gasteiger partial charge is 0.493 e. The molecule has 2 aromatic heterocycles. The Morgan fingerprint density at radius 2 is 1.66 bits per heavy atom. The van der Waals surface area contributed by atoms with Crippen molar-refractivity contribution >= 4 is 16.6 Å². The van der Waals surface area contributed by atoms with E-state index >= 15 is 0 Å². The molecule has 0 fully saturated rings. The molecule has 3 aromatic carbocycles. The fourth-order valence-corrected chi connectivity index (χ4v) is 4.31. The third-order valence-corrected chi connectivity index (χ3v) is 6.05. The van der Waals surface area contributed by atoms with Gasteiger partial charge in [-0.2, -0.15) is 0 Å². The summed E-state index contributed by atoms with van der Waals surface area (Å²) >= 11 is 0. The van der Waals surface area contributed by atoms with E-state index in [1.165, 1.54) is 0 Å². The predicted molar refractivity (Wildman–Crippen MR) is 138 cm³/mol. The molecular formula is C28H24N4O3. The first-order valence-electron chi connectivity index (χ1n) is 11.3. The molecule has 0 spiro atoms. The highest BCUT2D eigenvalue weighted by molar-refractivity contribution is 6.14. The minimum atomic E-state index is -0.711. The van der Waals surface area contributed by atoms with E-state index < -0.39 is 17.1 Å². The Bertz CT molecular complexity index is 1660. The smallest absolute Gasteiger partial charge is 0.335 e. The first-order chi connectivity index (χ1) is 17.0. The van der Waals surface area contributed by atoms with E-state index in [9.17, 15) is 14.7 Å². The second kappa shape index (κ2) is 9.30. The van der Waals surface area contributed by atoms with Crippen LogP contribution in [-0.2, 0) is 6.42 Å². The Labute approximate surface area is 201 Å². The summed E-state index contributed by atoms with van der Waals surface area (Å²) in [7, 11) is 0. The van der Waals surface area contributed by atoms with Crippen LogP contribution in [0.2, 0.25) is 0 Å². The summed E-state index contributed by atoms with van der Waals surface area (Å²) in [6.07, 6.45) is 2.60. The van der Waals surface area contributed by atoms with Gasteiger partial charge in [-0.3, -0.25) is 14.8 Å². The quantitative estimate of drug-likeness (QED) is 0.330. The number of para-hydroxylation sites is 2. The molecule has 7 nitrogen and oxygen atoms in total. The van der Waals surface area contributed by atoms with E-state index in [0.717, 1.165) is 26.6 Å². The standard InChI is InChI=1S/C28H24N4O3/c1-18-9-5-8-14-23(18)32-27(34)24(26(33)31-28(32)35)25(19-10-3-2-4-11-19)29-16-15-20-17-30-22-13-7-6-12-21(20)22/h2-14,17,30,34H,15-16H2,1H3,(H,31,33,35). The molecule has 0 aliphatic heterocycles. The van der Waals surface area contributed by atoms with Crippen molar-refractivity contribution in [2.24, 2.45) is 4.99 Å². The number of aromatic nitrogens is 3. The van der Waals surface area contributed by atoms with E-state index in [1.807, 2.05) is 73.8 Å². The summed E-state index contributed by atoms with van der Waals surface area (Å²) < 4.78 is 1.12. The van der Waals surface area contributed by atoms with E-state index in [0.29, 0.717) is 29.9 Å². The van der Waals surface area contributed by atoms with Crippen molar-refractivity contribution in [2.75, 3.05) is 6.54 Å². The van der Waals surface area contributed by atoms with Gasteiger partial charge in [-0.05, 0) is 36.6 Å². The molecule has 0 unspecified atom stereocenters. The highest BCUT2D eigenvalue weighted by Gasteiger charge is 2.22. The minimum absolute atomic E-state index is 0.0435. The van der Waals surface area contributed by atoms with Crippen LogP contribution < -0.4 is 11.2 Å². The molecule has 0 radical (unpaired) electrons. The normalized spacial score (nSPS) is 11.7. The first kappa shape index (κ1) is 22.2. The number of aromatic amines is 2. The van der Waals surface area contributed by atoms with Crippen LogP contribution in [0, 0.1) is 6.92 Å². The van der Waals surface area contributed by atoms with Gasteiger partial charge >= 0.3 is 5.69 Å². The lowest BCUT2D eigenvalue weighted by Crippen LogP contribution is -2.33. The van der Waals surface area contributed by atoms with Crippen molar-refractivity contribution in [3.8, 4) is 11.6 Å². The van der Waals surface area contributed by atoms with Crippen molar-refractivity contribution in [1.82, 2.24) is 14.5 Å². The van der Waals surface area contributed by atoms with Crippen LogP contribution in [0.25, 0.3) is 16.6 Å². The van der Waals surface area contributed by atoms with Crippen molar-refractivity contribution in [1.29, 1.82) is 0 Å². The molecule has 5 rings (SSSR count). The van der Waals surface area contributed by atoms with E-state index in [-0.39, 0.29) is 5.56 Å². The van der Waals surface area contributed by atoms with Gasteiger partial charge in [0.05, 0.1) is 11.4 Å². The maximum Gasteiger partial charge on any atom is 0.335 e. The molecule has 0 aliphatic carbocycles. The van der Waals surface area contributed by atoms with Crippen LogP contribution in [0.1, 0.15) is 22.3 Å². The third-order valence-electron chi connectivity index (χ3n) is 6.05. The Morgan fingerprint density at radius 1 is 0.943 bits per heavy atom. The number of H-pyrrole nitrogens is 2. The number of nitrogens with zero attached hydrogens (tertiary/aromatic N) is 2. The molecule has 35 heavy (non-hydrogen) atoms. The fourth-order valence-electron chi connectivity index (χ4n) is 4.31. The molecule has 7 heteroatoms. The third kappa shape index (κ3) is 4.19.